The molecule has 2 heterocycles. The summed E-state index contributed by atoms with van der Waals surface area (Å²) in [6, 6.07) is 12.0. The Bertz CT molecular complexity index is 1250. The molecule has 0 unspecified atom stereocenters. The van der Waals surface area contributed by atoms with Gasteiger partial charge in [-0.3, -0.25) is 4.79 Å². The molecular weight excluding hydrogens is 453 g/mol. The van der Waals surface area contributed by atoms with E-state index in [2.05, 4.69) is 22.0 Å². The minimum absolute atomic E-state index is 0.112. The summed E-state index contributed by atoms with van der Waals surface area (Å²) in [5.41, 5.74) is 3.56. The Morgan fingerprint density at radius 2 is 2.06 bits per heavy atom. The molecule has 1 saturated carbocycles. The number of hydrogen-bond donors (Lipinski definition) is 1. The zero-order valence-corrected chi connectivity index (χ0v) is 19.6. The largest absolute Gasteiger partial charge is 0.356 e. The molecule has 0 radical (unpaired) electrons. The highest BCUT2D eigenvalue weighted by Gasteiger charge is 2.43. The summed E-state index contributed by atoms with van der Waals surface area (Å²) < 4.78 is 18.8. The number of fused-ring (bicyclic) bond motifs is 1. The van der Waals surface area contributed by atoms with Crippen LogP contribution in [0.15, 0.2) is 65.2 Å². The smallest absolute Gasteiger partial charge is 0.244 e. The highest BCUT2D eigenvalue weighted by atomic mass is 35.5. The quantitative estimate of drug-likeness (QED) is 0.362. The molecule has 1 aliphatic carbocycles. The van der Waals surface area contributed by atoms with Crippen molar-refractivity contribution in [2.75, 3.05) is 26.2 Å². The number of carbonyl (C=O) groups is 1. The van der Waals surface area contributed by atoms with E-state index in [9.17, 15) is 9.18 Å². The summed E-state index contributed by atoms with van der Waals surface area (Å²) in [5.74, 6) is 0.656. The van der Waals surface area contributed by atoms with Crippen molar-refractivity contribution < 1.29 is 13.7 Å². The van der Waals surface area contributed by atoms with Gasteiger partial charge in [-0.25, -0.2) is 4.39 Å². The SMILES string of the molecule is C=C1[C@H](CNC(=O)/C=C/c2cccc(Cl)c2)[C@H]1CN1CCC(c2noc3cc(F)ccc23)CC1. The standard InChI is InChI=1S/C27H27ClFN3O2/c1-17-23(15-30-26(33)8-5-18-3-2-4-20(28)13-18)24(17)16-32-11-9-19(10-12-32)27-22-7-6-21(29)14-25(22)34-31-27/h2-8,13-14,19,23-24H,1,9-12,15-16H2,(H,30,33)/b8-5+/t23-,24-/m0/s1. The Morgan fingerprint density at radius 3 is 2.85 bits per heavy atom. The third-order valence-electron chi connectivity index (χ3n) is 6.99. The number of nitrogens with one attached hydrogen (secondary N) is 1. The van der Waals surface area contributed by atoms with Crippen molar-refractivity contribution in [1.82, 2.24) is 15.4 Å². The molecule has 2 aliphatic rings. The lowest BCUT2D eigenvalue weighted by Gasteiger charge is -2.31. The van der Waals surface area contributed by atoms with E-state index < -0.39 is 0 Å². The summed E-state index contributed by atoms with van der Waals surface area (Å²) in [4.78, 5) is 14.7. The first kappa shape index (κ1) is 22.8. The number of nitrogens with zero attached hydrogens (tertiary/aromatic N) is 2. The first-order valence-corrected chi connectivity index (χ1v) is 12.0. The fourth-order valence-electron chi connectivity index (χ4n) is 4.91. The number of likely N-dealkylation sites (tertiary alicyclic amines) is 1. The highest BCUT2D eigenvalue weighted by Crippen LogP contribution is 2.45. The lowest BCUT2D eigenvalue weighted by atomic mass is 9.91. The van der Waals surface area contributed by atoms with Crippen molar-refractivity contribution in [3.05, 3.63) is 82.8 Å². The number of halogens is 2. The van der Waals surface area contributed by atoms with Crippen LogP contribution in [0.3, 0.4) is 0 Å². The van der Waals surface area contributed by atoms with E-state index >= 15 is 0 Å². The molecule has 0 bridgehead atoms. The van der Waals surface area contributed by atoms with Crippen molar-refractivity contribution >= 4 is 34.6 Å². The van der Waals surface area contributed by atoms with Gasteiger partial charge >= 0.3 is 0 Å². The minimum atomic E-state index is -0.308. The molecule has 1 amide bonds. The molecular formula is C27H27ClFN3O2. The predicted molar refractivity (Wildman–Crippen MR) is 132 cm³/mol. The van der Waals surface area contributed by atoms with Crippen molar-refractivity contribution in [1.29, 1.82) is 0 Å². The lowest BCUT2D eigenvalue weighted by Crippen LogP contribution is -2.35. The van der Waals surface area contributed by atoms with Crippen molar-refractivity contribution in [3.8, 4) is 0 Å². The van der Waals surface area contributed by atoms with Crippen LogP contribution in [0.25, 0.3) is 17.0 Å². The Kier molecular flexibility index (Phi) is 6.53. The van der Waals surface area contributed by atoms with Gasteiger partial charge in [0.15, 0.2) is 5.58 Å². The Morgan fingerprint density at radius 1 is 1.24 bits per heavy atom. The molecule has 1 aliphatic heterocycles. The van der Waals surface area contributed by atoms with Crippen LogP contribution in [0.1, 0.15) is 30.0 Å². The van der Waals surface area contributed by atoms with Gasteiger partial charge in [-0.2, -0.15) is 0 Å². The van der Waals surface area contributed by atoms with Gasteiger partial charge in [-0.05, 0) is 61.8 Å². The zero-order valence-electron chi connectivity index (χ0n) is 18.8. The minimum Gasteiger partial charge on any atom is -0.356 e. The third-order valence-corrected chi connectivity index (χ3v) is 7.23. The van der Waals surface area contributed by atoms with Gasteiger partial charge in [0.2, 0.25) is 5.91 Å². The molecule has 7 heteroatoms. The maximum Gasteiger partial charge on any atom is 0.244 e. The van der Waals surface area contributed by atoms with Crippen LogP contribution in [-0.4, -0.2) is 42.1 Å². The van der Waals surface area contributed by atoms with Crippen LogP contribution < -0.4 is 5.32 Å². The van der Waals surface area contributed by atoms with Crippen molar-refractivity contribution in [3.63, 3.8) is 0 Å². The monoisotopic (exact) mass is 479 g/mol. The van der Waals surface area contributed by atoms with Gasteiger partial charge in [0.05, 0.1) is 5.69 Å². The highest BCUT2D eigenvalue weighted by molar-refractivity contribution is 6.30. The van der Waals surface area contributed by atoms with Gasteiger partial charge in [-0.1, -0.05) is 41.0 Å². The number of aromatic nitrogens is 1. The first-order chi connectivity index (χ1) is 16.5. The molecule has 1 saturated heterocycles. The lowest BCUT2D eigenvalue weighted by molar-refractivity contribution is -0.116. The molecule has 5 nitrogen and oxygen atoms in total. The summed E-state index contributed by atoms with van der Waals surface area (Å²) >= 11 is 5.98. The average molecular weight is 480 g/mol. The summed E-state index contributed by atoms with van der Waals surface area (Å²) in [7, 11) is 0. The van der Waals surface area contributed by atoms with Crippen LogP contribution in [0.2, 0.25) is 5.02 Å². The molecule has 34 heavy (non-hydrogen) atoms. The predicted octanol–water partition coefficient (Wildman–Crippen LogP) is 5.43. The Hall–Kier alpha value is -2.96. The zero-order chi connectivity index (χ0) is 23.7. The van der Waals surface area contributed by atoms with E-state index in [0.717, 1.165) is 49.1 Å². The summed E-state index contributed by atoms with van der Waals surface area (Å²) in [6.07, 6.45) is 5.29. The molecule has 1 aromatic heterocycles. The second kappa shape index (κ2) is 9.72. The molecule has 0 spiro atoms. The average Bonchev–Trinajstić information content (AvgIpc) is 3.23. The fourth-order valence-corrected chi connectivity index (χ4v) is 5.11. The second-order valence-electron chi connectivity index (χ2n) is 9.20. The Labute approximate surface area is 203 Å². The number of piperidine rings is 1. The number of hydrogen-bond acceptors (Lipinski definition) is 4. The molecule has 176 valence electrons. The van der Waals surface area contributed by atoms with Crippen LogP contribution in [0.4, 0.5) is 4.39 Å². The second-order valence-corrected chi connectivity index (χ2v) is 9.64. The van der Waals surface area contributed by atoms with Crippen LogP contribution in [0, 0.1) is 17.7 Å². The van der Waals surface area contributed by atoms with E-state index in [4.69, 9.17) is 16.1 Å². The van der Waals surface area contributed by atoms with E-state index in [1.54, 1.807) is 24.3 Å². The van der Waals surface area contributed by atoms with Gasteiger partial charge in [0.25, 0.3) is 0 Å². The van der Waals surface area contributed by atoms with E-state index in [1.807, 2.05) is 18.2 Å². The molecule has 1 N–H and O–H groups in total. The van der Waals surface area contributed by atoms with Crippen LogP contribution >= 0.6 is 11.6 Å². The topological polar surface area (TPSA) is 58.4 Å². The normalized spacial score (nSPS) is 21.4. The van der Waals surface area contributed by atoms with Crippen molar-refractivity contribution in [2.45, 2.75) is 18.8 Å². The van der Waals surface area contributed by atoms with Gasteiger partial charge in [-0.15, -0.1) is 0 Å². The van der Waals surface area contributed by atoms with E-state index in [-0.39, 0.29) is 11.7 Å². The van der Waals surface area contributed by atoms with E-state index in [1.165, 1.54) is 17.7 Å². The summed E-state index contributed by atoms with van der Waals surface area (Å²) in [6.45, 7) is 7.74. The van der Waals surface area contributed by atoms with Gasteiger partial charge in [0, 0.05) is 53.4 Å². The number of rotatable bonds is 7. The number of benzene rings is 2. The first-order valence-electron chi connectivity index (χ1n) is 11.7. The van der Waals surface area contributed by atoms with Gasteiger partial charge in [0.1, 0.15) is 5.82 Å². The fraction of sp³-hybridized carbons (Fsp3) is 0.333. The molecule has 2 aromatic carbocycles. The summed E-state index contributed by atoms with van der Waals surface area (Å²) in [5, 5.41) is 8.79. The molecule has 2 fully saturated rings. The van der Waals surface area contributed by atoms with Crippen molar-refractivity contribution in [2.24, 2.45) is 11.8 Å². The Balaban J connectivity index is 1.07. The number of amides is 1. The van der Waals surface area contributed by atoms with Crippen LogP contribution in [0.5, 0.6) is 0 Å². The number of carbonyl (C=O) groups excluding carboxylic acids is 1. The molecule has 3 aromatic rings. The molecule has 5 rings (SSSR count). The maximum absolute atomic E-state index is 13.4. The van der Waals surface area contributed by atoms with Gasteiger partial charge < -0.3 is 14.7 Å². The van der Waals surface area contributed by atoms with E-state index in [0.29, 0.717) is 34.9 Å². The third kappa shape index (κ3) is 5.08. The maximum atomic E-state index is 13.4. The van der Waals surface area contributed by atoms with Crippen LogP contribution in [-0.2, 0) is 4.79 Å². The molecule has 2 atom stereocenters.